The molecule has 1 heterocycles. The van der Waals surface area contributed by atoms with Crippen LogP contribution < -0.4 is 0 Å². The Balaban J connectivity index is 2.45. The average Bonchev–Trinajstić information content (AvgIpc) is 1.64. The second-order valence-electron chi connectivity index (χ2n) is 1.43. The van der Waals surface area contributed by atoms with E-state index < -0.39 is 0 Å². The maximum absolute atomic E-state index is 10.4. The van der Waals surface area contributed by atoms with Gasteiger partial charge in [0.25, 0.3) is 0 Å². The van der Waals surface area contributed by atoms with Gasteiger partial charge in [0.05, 0.1) is 12.2 Å². The molecule has 1 fully saturated rings. The first kappa shape index (κ1) is 6.16. The van der Waals surface area contributed by atoms with Gasteiger partial charge < -0.3 is 0 Å². The van der Waals surface area contributed by atoms with Crippen molar-refractivity contribution in [3.8, 4) is 0 Å². The van der Waals surface area contributed by atoms with E-state index in [-0.39, 0.29) is 17.3 Å². The first-order valence-corrected chi connectivity index (χ1v) is 4.45. The fourth-order valence-corrected chi connectivity index (χ4v) is 2.19. The predicted molar refractivity (Wildman–Crippen MR) is 34.7 cm³/mol. The predicted octanol–water partition coefficient (Wildman–Crippen LogP) is 0.867. The minimum Gasteiger partial charge on any atom is -0.298 e. The normalized spacial score (nSPS) is 21.5. The highest BCUT2D eigenvalue weighted by Gasteiger charge is 2.16. The molecule has 1 aliphatic heterocycles. The molecule has 0 aromatic heterocycles. The van der Waals surface area contributed by atoms with Gasteiger partial charge in [-0.25, -0.2) is 0 Å². The van der Waals surface area contributed by atoms with Gasteiger partial charge in [0.15, 0.2) is 5.78 Å². The summed E-state index contributed by atoms with van der Waals surface area (Å²) in [5, 5.41) is -0.00810. The van der Waals surface area contributed by atoms with Crippen molar-refractivity contribution in [3.05, 3.63) is 0 Å². The van der Waals surface area contributed by atoms with E-state index in [0.717, 1.165) is 0 Å². The summed E-state index contributed by atoms with van der Waals surface area (Å²) in [5.74, 6) is 0.551. The summed E-state index contributed by atoms with van der Waals surface area (Å²) in [7, 11) is 2.51. The largest absolute Gasteiger partial charge is 0.298 e. The van der Waals surface area contributed by atoms with Crippen molar-refractivity contribution in [3.63, 3.8) is 0 Å². The van der Waals surface area contributed by atoms with Gasteiger partial charge >= 0.3 is 0 Å². The Bertz CT molecular complexity index is 118. The number of carbonyl (C=O) groups is 2. The molecule has 0 saturated carbocycles. The standard InChI is InChI=1S/C4H4O2S2/c5-3-1-4(6)8-7-2-3/h1-2H2. The van der Waals surface area contributed by atoms with Crippen LogP contribution in [0.1, 0.15) is 6.42 Å². The van der Waals surface area contributed by atoms with Crippen molar-refractivity contribution in [2.24, 2.45) is 0 Å². The van der Waals surface area contributed by atoms with Crippen molar-refractivity contribution >= 4 is 32.5 Å². The Hall–Kier alpha value is 0.0400. The summed E-state index contributed by atoms with van der Waals surface area (Å²) in [6.07, 6.45) is 0.137. The van der Waals surface area contributed by atoms with Crippen LogP contribution in [0.3, 0.4) is 0 Å². The lowest BCUT2D eigenvalue weighted by Gasteiger charge is -2.03. The number of Topliss-reactive ketones (excluding diaryl/α,β-unsaturated/α-hetero) is 1. The number of ketones is 1. The van der Waals surface area contributed by atoms with E-state index >= 15 is 0 Å². The third kappa shape index (κ3) is 1.52. The molecule has 0 aromatic carbocycles. The molecule has 2 nitrogen and oxygen atoms in total. The molecule has 1 aliphatic rings. The molecule has 44 valence electrons. The van der Waals surface area contributed by atoms with Gasteiger partial charge in [-0.1, -0.05) is 10.8 Å². The lowest BCUT2D eigenvalue weighted by atomic mass is 10.3. The molecule has 0 unspecified atom stereocenters. The van der Waals surface area contributed by atoms with Crippen LogP contribution in [0.25, 0.3) is 0 Å². The lowest BCUT2D eigenvalue weighted by Crippen LogP contribution is -2.10. The summed E-state index contributed by atoms with van der Waals surface area (Å²) in [4.78, 5) is 20.8. The van der Waals surface area contributed by atoms with Crippen LogP contribution in [0.15, 0.2) is 0 Å². The zero-order chi connectivity index (χ0) is 5.98. The first-order chi connectivity index (χ1) is 3.79. The van der Waals surface area contributed by atoms with Crippen LogP contribution >= 0.6 is 21.6 Å². The molecular formula is C4H4O2S2. The zero-order valence-electron chi connectivity index (χ0n) is 4.05. The van der Waals surface area contributed by atoms with Crippen molar-refractivity contribution < 1.29 is 9.59 Å². The molecule has 0 aromatic rings. The van der Waals surface area contributed by atoms with E-state index in [1.807, 2.05) is 0 Å². The summed E-state index contributed by atoms with van der Waals surface area (Å²) in [6.45, 7) is 0. The van der Waals surface area contributed by atoms with Crippen LogP contribution in [0.5, 0.6) is 0 Å². The van der Waals surface area contributed by atoms with Crippen LogP contribution in [-0.2, 0) is 9.59 Å². The van der Waals surface area contributed by atoms with Gasteiger partial charge in [-0.2, -0.15) is 0 Å². The van der Waals surface area contributed by atoms with Gasteiger partial charge in [0.1, 0.15) is 0 Å². The van der Waals surface area contributed by atoms with E-state index in [1.54, 1.807) is 0 Å². The molecule has 1 rings (SSSR count). The van der Waals surface area contributed by atoms with E-state index in [4.69, 9.17) is 0 Å². The average molecular weight is 148 g/mol. The SMILES string of the molecule is O=C1CSSC(=O)C1. The Kier molecular flexibility index (Phi) is 1.96. The van der Waals surface area contributed by atoms with Crippen LogP contribution in [0.2, 0.25) is 0 Å². The van der Waals surface area contributed by atoms with E-state index in [9.17, 15) is 9.59 Å². The third-order valence-electron chi connectivity index (χ3n) is 0.713. The number of carbonyl (C=O) groups excluding carboxylic acids is 2. The molecule has 0 aliphatic carbocycles. The van der Waals surface area contributed by atoms with Crippen LogP contribution in [0, 0.1) is 0 Å². The van der Waals surface area contributed by atoms with Crippen molar-refractivity contribution in [2.75, 3.05) is 5.75 Å². The molecule has 0 atom stereocenters. The molecule has 4 heteroatoms. The summed E-state index contributed by atoms with van der Waals surface area (Å²) in [5.41, 5.74) is 0. The number of hydrogen-bond acceptors (Lipinski definition) is 4. The summed E-state index contributed by atoms with van der Waals surface area (Å²) >= 11 is 0. The Morgan fingerprint density at radius 1 is 1.38 bits per heavy atom. The fraction of sp³-hybridized carbons (Fsp3) is 0.500. The molecule has 0 spiro atoms. The molecule has 0 N–H and O–H groups in total. The fourth-order valence-electron chi connectivity index (χ4n) is 0.402. The maximum atomic E-state index is 10.4. The molecule has 1 saturated heterocycles. The Labute approximate surface area is 54.8 Å². The van der Waals surface area contributed by atoms with Gasteiger partial charge in [0.2, 0.25) is 5.12 Å². The van der Waals surface area contributed by atoms with Crippen molar-refractivity contribution in [1.82, 2.24) is 0 Å². The van der Waals surface area contributed by atoms with Gasteiger partial charge in [0, 0.05) is 0 Å². The smallest absolute Gasteiger partial charge is 0.206 e. The van der Waals surface area contributed by atoms with E-state index in [0.29, 0.717) is 5.75 Å². The van der Waals surface area contributed by atoms with E-state index in [1.165, 1.54) is 21.6 Å². The molecule has 0 amide bonds. The third-order valence-corrected chi connectivity index (χ3v) is 2.87. The molecule has 0 radical (unpaired) electrons. The first-order valence-electron chi connectivity index (χ1n) is 2.13. The quantitative estimate of drug-likeness (QED) is 0.377. The Morgan fingerprint density at radius 2 is 2.12 bits per heavy atom. The highest BCUT2D eigenvalue weighted by molar-refractivity contribution is 8.82. The van der Waals surface area contributed by atoms with E-state index in [2.05, 4.69) is 0 Å². The van der Waals surface area contributed by atoms with Gasteiger partial charge in [-0.3, -0.25) is 9.59 Å². The van der Waals surface area contributed by atoms with Crippen LogP contribution in [0.4, 0.5) is 0 Å². The highest BCUT2D eigenvalue weighted by Crippen LogP contribution is 2.28. The monoisotopic (exact) mass is 148 g/mol. The number of hydrogen-bond donors (Lipinski definition) is 0. The minimum absolute atomic E-state index is 0.00810. The molecular weight excluding hydrogens is 144 g/mol. The van der Waals surface area contributed by atoms with Crippen molar-refractivity contribution in [2.45, 2.75) is 6.42 Å². The van der Waals surface area contributed by atoms with Crippen molar-refractivity contribution in [1.29, 1.82) is 0 Å². The summed E-state index contributed by atoms with van der Waals surface area (Å²) in [6, 6.07) is 0. The second kappa shape index (κ2) is 2.55. The zero-order valence-corrected chi connectivity index (χ0v) is 5.68. The minimum atomic E-state index is -0.00810. The Morgan fingerprint density at radius 3 is 2.50 bits per heavy atom. The lowest BCUT2D eigenvalue weighted by molar-refractivity contribution is -0.121. The number of rotatable bonds is 0. The molecule has 8 heavy (non-hydrogen) atoms. The topological polar surface area (TPSA) is 34.1 Å². The van der Waals surface area contributed by atoms with Gasteiger partial charge in [-0.15, -0.1) is 0 Å². The molecule has 0 bridgehead atoms. The highest BCUT2D eigenvalue weighted by atomic mass is 33.1. The maximum Gasteiger partial charge on any atom is 0.206 e. The van der Waals surface area contributed by atoms with Crippen LogP contribution in [-0.4, -0.2) is 16.7 Å². The second-order valence-corrected chi connectivity index (χ2v) is 3.79. The summed E-state index contributed by atoms with van der Waals surface area (Å²) < 4.78 is 0. The van der Waals surface area contributed by atoms with Gasteiger partial charge in [-0.05, 0) is 10.8 Å².